The van der Waals surface area contributed by atoms with Crippen molar-refractivity contribution in [2.45, 2.75) is 11.4 Å². The third-order valence-corrected chi connectivity index (χ3v) is 6.22. The number of nitrogens with zero attached hydrogens (tertiary/aromatic N) is 2. The molecule has 0 amide bonds. The summed E-state index contributed by atoms with van der Waals surface area (Å²) in [5.74, 6) is 1.78. The number of hydrogen-bond acceptors (Lipinski definition) is 5. The summed E-state index contributed by atoms with van der Waals surface area (Å²) in [7, 11) is -0.715. The first-order chi connectivity index (χ1) is 12.9. The highest BCUT2D eigenvalue weighted by molar-refractivity contribution is 9.10. The van der Waals surface area contributed by atoms with Gasteiger partial charge >= 0.3 is 0 Å². The van der Waals surface area contributed by atoms with Gasteiger partial charge in [-0.25, -0.2) is 4.98 Å². The van der Waals surface area contributed by atoms with Crippen LogP contribution in [0.3, 0.4) is 0 Å². The van der Waals surface area contributed by atoms with Crippen molar-refractivity contribution in [2.75, 3.05) is 18.9 Å². The second kappa shape index (κ2) is 6.58. The summed E-state index contributed by atoms with van der Waals surface area (Å²) in [5, 5.41) is 0.0754. The summed E-state index contributed by atoms with van der Waals surface area (Å²) in [6.45, 7) is 0. The molecule has 1 N–H and O–H groups in total. The Morgan fingerprint density at radius 1 is 1.11 bits per heavy atom. The molecule has 7 nitrogen and oxygen atoms in total. The SMILES string of the molecule is COc1cc2c(cc1OC)-n1c(S(=O)(=O)Nc3ccc(Br)cc3)cnc1C2. The van der Waals surface area contributed by atoms with Gasteiger partial charge in [-0.05, 0) is 35.9 Å². The first-order valence-corrected chi connectivity index (χ1v) is 10.3. The largest absolute Gasteiger partial charge is 0.493 e. The maximum Gasteiger partial charge on any atom is 0.279 e. The molecule has 0 saturated carbocycles. The van der Waals surface area contributed by atoms with Gasteiger partial charge in [0.1, 0.15) is 5.82 Å². The molecule has 0 fully saturated rings. The Morgan fingerprint density at radius 2 is 1.78 bits per heavy atom. The van der Waals surface area contributed by atoms with Gasteiger partial charge in [-0.2, -0.15) is 8.42 Å². The fourth-order valence-corrected chi connectivity index (χ4v) is 4.55. The lowest BCUT2D eigenvalue weighted by molar-refractivity contribution is 0.354. The van der Waals surface area contributed by atoms with Crippen LogP contribution in [0.5, 0.6) is 11.5 Å². The predicted molar refractivity (Wildman–Crippen MR) is 104 cm³/mol. The number of fused-ring (bicyclic) bond motifs is 3. The summed E-state index contributed by atoms with van der Waals surface area (Å²) in [6.07, 6.45) is 1.89. The van der Waals surface area contributed by atoms with Crippen LogP contribution in [0.4, 0.5) is 5.69 Å². The van der Waals surface area contributed by atoms with E-state index in [0.717, 1.165) is 15.7 Å². The van der Waals surface area contributed by atoms with Crippen LogP contribution in [0.1, 0.15) is 11.4 Å². The first-order valence-electron chi connectivity index (χ1n) is 8.03. The molecule has 4 rings (SSSR count). The Morgan fingerprint density at radius 3 is 2.44 bits per heavy atom. The molecule has 140 valence electrons. The van der Waals surface area contributed by atoms with Crippen LogP contribution < -0.4 is 14.2 Å². The van der Waals surface area contributed by atoms with Crippen molar-refractivity contribution < 1.29 is 17.9 Å². The highest BCUT2D eigenvalue weighted by atomic mass is 79.9. The Kier molecular flexibility index (Phi) is 4.35. The van der Waals surface area contributed by atoms with E-state index in [-0.39, 0.29) is 5.03 Å². The zero-order chi connectivity index (χ0) is 19.2. The number of halogens is 1. The number of anilines is 1. The van der Waals surface area contributed by atoms with Gasteiger partial charge in [0.25, 0.3) is 10.0 Å². The predicted octanol–water partition coefficient (Wildman–Crippen LogP) is 3.36. The number of imidazole rings is 1. The lowest BCUT2D eigenvalue weighted by Crippen LogP contribution is -2.16. The van der Waals surface area contributed by atoms with E-state index in [4.69, 9.17) is 9.47 Å². The molecule has 9 heteroatoms. The van der Waals surface area contributed by atoms with Crippen LogP contribution in [-0.2, 0) is 16.4 Å². The van der Waals surface area contributed by atoms with E-state index in [1.807, 2.05) is 6.07 Å². The molecule has 27 heavy (non-hydrogen) atoms. The Balaban J connectivity index is 1.78. The number of sulfonamides is 1. The number of methoxy groups -OCH3 is 2. The van der Waals surface area contributed by atoms with Crippen molar-refractivity contribution >= 4 is 31.6 Å². The summed E-state index contributed by atoms with van der Waals surface area (Å²) in [6, 6.07) is 10.5. The molecule has 0 atom stereocenters. The van der Waals surface area contributed by atoms with Crippen molar-refractivity contribution in [3.63, 3.8) is 0 Å². The lowest BCUT2D eigenvalue weighted by Gasteiger charge is -2.13. The van der Waals surface area contributed by atoms with Gasteiger partial charge < -0.3 is 9.47 Å². The van der Waals surface area contributed by atoms with Gasteiger partial charge in [0.2, 0.25) is 0 Å². The van der Waals surface area contributed by atoms with Crippen LogP contribution in [0.25, 0.3) is 5.69 Å². The van der Waals surface area contributed by atoms with Crippen LogP contribution in [0, 0.1) is 0 Å². The quantitative estimate of drug-likeness (QED) is 0.504. The molecule has 0 bridgehead atoms. The van der Waals surface area contributed by atoms with E-state index in [0.29, 0.717) is 29.4 Å². The number of aromatic nitrogens is 2. The normalized spacial score (nSPS) is 12.4. The minimum atomic E-state index is -3.82. The van der Waals surface area contributed by atoms with Gasteiger partial charge in [0.15, 0.2) is 16.5 Å². The fourth-order valence-electron chi connectivity index (χ4n) is 3.10. The van der Waals surface area contributed by atoms with E-state index in [9.17, 15) is 8.42 Å². The molecule has 3 aromatic rings. The number of rotatable bonds is 5. The molecule has 0 saturated heterocycles. The zero-order valence-electron chi connectivity index (χ0n) is 14.6. The van der Waals surface area contributed by atoms with Crippen molar-refractivity contribution in [3.05, 3.63) is 58.5 Å². The third kappa shape index (κ3) is 3.06. The summed E-state index contributed by atoms with van der Waals surface area (Å²) in [4.78, 5) is 4.30. The Hall–Kier alpha value is -2.52. The van der Waals surface area contributed by atoms with Gasteiger partial charge in [0.05, 0.1) is 26.1 Å². The molecule has 2 aromatic carbocycles. The highest BCUT2D eigenvalue weighted by Gasteiger charge is 2.30. The van der Waals surface area contributed by atoms with Gasteiger partial charge in [-0.1, -0.05) is 15.9 Å². The highest BCUT2D eigenvalue weighted by Crippen LogP contribution is 2.38. The molecular formula is C18H16BrN3O4S. The Labute approximate surface area is 165 Å². The average molecular weight is 450 g/mol. The average Bonchev–Trinajstić information content (AvgIpc) is 3.21. The molecule has 0 radical (unpaired) electrons. The number of hydrogen-bond donors (Lipinski definition) is 1. The molecular weight excluding hydrogens is 434 g/mol. The van der Waals surface area contributed by atoms with Crippen molar-refractivity contribution in [3.8, 4) is 17.2 Å². The van der Waals surface area contributed by atoms with E-state index < -0.39 is 10.0 Å². The lowest BCUT2D eigenvalue weighted by atomic mass is 10.1. The second-order valence-electron chi connectivity index (χ2n) is 5.97. The summed E-state index contributed by atoms with van der Waals surface area (Å²) >= 11 is 3.33. The molecule has 0 spiro atoms. The maximum absolute atomic E-state index is 13.0. The van der Waals surface area contributed by atoms with Crippen LogP contribution >= 0.6 is 15.9 Å². The van der Waals surface area contributed by atoms with E-state index in [2.05, 4.69) is 25.6 Å². The smallest absolute Gasteiger partial charge is 0.279 e. The zero-order valence-corrected chi connectivity index (χ0v) is 17.0. The molecule has 2 heterocycles. The maximum atomic E-state index is 13.0. The second-order valence-corrected chi connectivity index (χ2v) is 8.52. The van der Waals surface area contributed by atoms with E-state index in [1.54, 1.807) is 49.1 Å². The fraction of sp³-hybridized carbons (Fsp3) is 0.167. The van der Waals surface area contributed by atoms with E-state index in [1.165, 1.54) is 6.20 Å². The molecule has 1 aliphatic heterocycles. The van der Waals surface area contributed by atoms with Gasteiger partial charge in [-0.3, -0.25) is 9.29 Å². The summed E-state index contributed by atoms with van der Waals surface area (Å²) in [5.41, 5.74) is 2.12. The van der Waals surface area contributed by atoms with Crippen molar-refractivity contribution in [1.29, 1.82) is 0 Å². The molecule has 1 aromatic heterocycles. The number of ether oxygens (including phenoxy) is 2. The van der Waals surface area contributed by atoms with Gasteiger partial charge in [0, 0.05) is 22.6 Å². The van der Waals surface area contributed by atoms with Crippen LogP contribution in [0.15, 0.2) is 52.1 Å². The van der Waals surface area contributed by atoms with Crippen molar-refractivity contribution in [2.24, 2.45) is 0 Å². The monoisotopic (exact) mass is 449 g/mol. The molecule has 0 unspecified atom stereocenters. The minimum Gasteiger partial charge on any atom is -0.493 e. The minimum absolute atomic E-state index is 0.0754. The number of nitrogens with one attached hydrogen (secondary N) is 1. The Bertz CT molecular complexity index is 1120. The molecule has 0 aliphatic carbocycles. The van der Waals surface area contributed by atoms with Gasteiger partial charge in [-0.15, -0.1) is 0 Å². The van der Waals surface area contributed by atoms with Crippen LogP contribution in [0.2, 0.25) is 0 Å². The van der Waals surface area contributed by atoms with E-state index >= 15 is 0 Å². The topological polar surface area (TPSA) is 82.5 Å². The standard InChI is InChI=1S/C18H16BrN3O4S/c1-25-15-7-11-8-17-20-10-18(22(17)14(11)9-16(15)26-2)27(23,24)21-13-5-3-12(19)4-6-13/h3-7,9-10,21H,8H2,1-2H3. The number of benzene rings is 2. The summed E-state index contributed by atoms with van der Waals surface area (Å²) < 4.78 is 41.7. The molecule has 1 aliphatic rings. The van der Waals surface area contributed by atoms with Crippen LogP contribution in [-0.4, -0.2) is 32.2 Å². The first kappa shape index (κ1) is 17.9. The third-order valence-electron chi connectivity index (χ3n) is 4.35. The van der Waals surface area contributed by atoms with Crippen molar-refractivity contribution in [1.82, 2.24) is 9.55 Å².